The van der Waals surface area contributed by atoms with E-state index in [-0.39, 0.29) is 42.7 Å². The van der Waals surface area contributed by atoms with Gasteiger partial charge in [0.15, 0.2) is 0 Å². The first kappa shape index (κ1) is 39.0. The number of likely N-dealkylation sites (tertiary alicyclic amines) is 2. The number of nitrogens with zero attached hydrogens (tertiary/aromatic N) is 4. The third kappa shape index (κ3) is 7.16. The predicted molar refractivity (Wildman–Crippen MR) is 210 cm³/mol. The predicted octanol–water partition coefficient (Wildman–Crippen LogP) is 6.44. The lowest BCUT2D eigenvalue weighted by atomic mass is 9.85. The van der Waals surface area contributed by atoms with Crippen LogP contribution in [0.25, 0.3) is 22.3 Å². The molecule has 296 valence electrons. The van der Waals surface area contributed by atoms with E-state index >= 15 is 0 Å². The number of benzene rings is 1. The summed E-state index contributed by atoms with van der Waals surface area (Å²) in [5.41, 5.74) is 2.02. The number of aromatic nitrogens is 2. The van der Waals surface area contributed by atoms with Gasteiger partial charge in [-0.05, 0) is 108 Å². The number of carbonyl (C=O) groups is 3. The Morgan fingerprint density at radius 3 is 2.40 bits per heavy atom. The van der Waals surface area contributed by atoms with Crippen molar-refractivity contribution in [3.8, 4) is 17.1 Å². The SMILES string of the molecule is CCc1c2c(nc3ccc(OC(=O)N4CCC(N5CCCCC5)CC4)cc13)-c1cc3c(c(=O)n1C2)COC(=O)[C@@]3(CC)OC(=O)C(NC(C)(C)CC)C(C)C. The zero-order valence-electron chi connectivity index (χ0n) is 33.6. The summed E-state index contributed by atoms with van der Waals surface area (Å²) in [7, 11) is 0. The number of carbonyl (C=O) groups excluding carboxylic acids is 3. The van der Waals surface area contributed by atoms with Crippen LogP contribution >= 0.6 is 0 Å². The molecular weight excluding hydrogens is 699 g/mol. The number of hydrogen-bond donors (Lipinski definition) is 1. The number of cyclic esters (lactones) is 1. The van der Waals surface area contributed by atoms with E-state index in [1.54, 1.807) is 23.6 Å². The van der Waals surface area contributed by atoms with Crippen LogP contribution in [0.1, 0.15) is 116 Å². The maximum absolute atomic E-state index is 14.3. The Morgan fingerprint density at radius 2 is 1.75 bits per heavy atom. The monoisotopic (exact) mass is 755 g/mol. The van der Waals surface area contributed by atoms with Crippen LogP contribution in [0, 0.1) is 5.92 Å². The largest absolute Gasteiger partial charge is 0.457 e. The lowest BCUT2D eigenvalue weighted by Gasteiger charge is -2.39. The Kier molecular flexibility index (Phi) is 10.9. The normalized spacial score (nSPS) is 20.9. The van der Waals surface area contributed by atoms with Crippen LogP contribution in [0.3, 0.4) is 0 Å². The molecule has 12 heteroatoms. The number of piperidine rings is 2. The van der Waals surface area contributed by atoms with Gasteiger partial charge in [0.1, 0.15) is 18.4 Å². The van der Waals surface area contributed by atoms with Gasteiger partial charge in [-0.15, -0.1) is 0 Å². The highest BCUT2D eigenvalue weighted by Crippen LogP contribution is 2.43. The van der Waals surface area contributed by atoms with Crippen molar-refractivity contribution in [1.82, 2.24) is 24.7 Å². The first-order valence-electron chi connectivity index (χ1n) is 20.4. The van der Waals surface area contributed by atoms with Crippen LogP contribution in [0.5, 0.6) is 5.75 Å². The van der Waals surface area contributed by atoms with Gasteiger partial charge in [-0.25, -0.2) is 14.6 Å². The second-order valence-electron chi connectivity index (χ2n) is 16.7. The Labute approximate surface area is 323 Å². The molecule has 2 atom stereocenters. The van der Waals surface area contributed by atoms with Crippen molar-refractivity contribution >= 4 is 28.9 Å². The van der Waals surface area contributed by atoms with E-state index in [2.05, 4.69) is 17.1 Å². The number of rotatable bonds is 10. The van der Waals surface area contributed by atoms with E-state index in [0.29, 0.717) is 59.3 Å². The van der Waals surface area contributed by atoms with Gasteiger partial charge >= 0.3 is 18.0 Å². The quantitative estimate of drug-likeness (QED) is 0.180. The van der Waals surface area contributed by atoms with E-state index in [9.17, 15) is 19.2 Å². The van der Waals surface area contributed by atoms with Crippen LogP contribution in [-0.2, 0) is 44.2 Å². The van der Waals surface area contributed by atoms with Gasteiger partial charge in [-0.3, -0.25) is 14.9 Å². The first-order valence-corrected chi connectivity index (χ1v) is 20.4. The highest BCUT2D eigenvalue weighted by atomic mass is 16.6. The fourth-order valence-corrected chi connectivity index (χ4v) is 8.88. The molecule has 0 aliphatic carbocycles. The Balaban J connectivity index is 1.18. The van der Waals surface area contributed by atoms with E-state index < -0.39 is 23.6 Å². The van der Waals surface area contributed by atoms with Gasteiger partial charge in [0.25, 0.3) is 5.56 Å². The molecule has 7 rings (SSSR count). The number of ether oxygens (including phenoxy) is 3. The zero-order chi connectivity index (χ0) is 39.2. The number of pyridine rings is 2. The molecule has 1 amide bonds. The molecule has 55 heavy (non-hydrogen) atoms. The molecule has 0 radical (unpaired) electrons. The molecule has 1 N–H and O–H groups in total. The van der Waals surface area contributed by atoms with Crippen LogP contribution in [0.15, 0.2) is 29.1 Å². The lowest BCUT2D eigenvalue weighted by Crippen LogP contribution is -2.55. The van der Waals surface area contributed by atoms with E-state index in [1.807, 2.05) is 51.7 Å². The standard InChI is InChI=1S/C43H57N5O7/c1-8-29-30-22-28(54-41(52)47-20-16-27(17-21-47)46-18-12-11-13-19-46)14-15-34(30)44-37-31(29)24-48-35(37)23-33-32(38(48)49)25-53-40(51)43(33,10-3)55-39(50)36(26(4)5)45-42(6,7)9-2/h14-15,22-23,26-27,36,45H,8-13,16-21,24-25H2,1-7H3/t36?,43-/m0/s1. The third-order valence-electron chi connectivity index (χ3n) is 12.6. The van der Waals surface area contributed by atoms with Crippen LogP contribution in [0.2, 0.25) is 0 Å². The van der Waals surface area contributed by atoms with Gasteiger partial charge in [0, 0.05) is 41.2 Å². The van der Waals surface area contributed by atoms with E-state index in [0.717, 1.165) is 48.9 Å². The molecule has 0 bridgehead atoms. The summed E-state index contributed by atoms with van der Waals surface area (Å²) in [4.78, 5) is 64.7. The average molecular weight is 756 g/mol. The van der Waals surface area contributed by atoms with Gasteiger partial charge in [-0.2, -0.15) is 0 Å². The van der Waals surface area contributed by atoms with Gasteiger partial charge in [0.05, 0.1) is 29.0 Å². The van der Waals surface area contributed by atoms with Crippen molar-refractivity contribution in [2.45, 2.75) is 136 Å². The zero-order valence-corrected chi connectivity index (χ0v) is 33.6. The van der Waals surface area contributed by atoms with Crippen LogP contribution in [0.4, 0.5) is 4.79 Å². The molecule has 2 fully saturated rings. The molecular formula is C43H57N5O7. The van der Waals surface area contributed by atoms with Gasteiger partial charge < -0.3 is 28.6 Å². The second kappa shape index (κ2) is 15.3. The minimum absolute atomic E-state index is 0.0889. The van der Waals surface area contributed by atoms with E-state index in [1.165, 1.54) is 19.3 Å². The molecule has 4 aliphatic rings. The number of hydrogen-bond acceptors (Lipinski definition) is 10. The summed E-state index contributed by atoms with van der Waals surface area (Å²) in [6, 6.07) is 7.15. The van der Waals surface area contributed by atoms with Crippen molar-refractivity contribution in [2.75, 3.05) is 26.2 Å². The molecule has 2 saturated heterocycles. The topological polar surface area (TPSA) is 132 Å². The Hall–Kier alpha value is -4.29. The van der Waals surface area contributed by atoms with Crippen LogP contribution in [-0.4, -0.2) is 81.2 Å². The summed E-state index contributed by atoms with van der Waals surface area (Å²) in [5, 5.41) is 4.28. The fraction of sp³-hybridized carbons (Fsp3) is 0.605. The summed E-state index contributed by atoms with van der Waals surface area (Å²) in [6.07, 6.45) is 6.93. The minimum Gasteiger partial charge on any atom is -0.457 e. The van der Waals surface area contributed by atoms with Crippen molar-refractivity contribution in [2.24, 2.45) is 5.92 Å². The van der Waals surface area contributed by atoms with Crippen molar-refractivity contribution < 1.29 is 28.6 Å². The van der Waals surface area contributed by atoms with Crippen molar-refractivity contribution in [1.29, 1.82) is 0 Å². The summed E-state index contributed by atoms with van der Waals surface area (Å²) in [6.45, 7) is 17.5. The van der Waals surface area contributed by atoms with Crippen molar-refractivity contribution in [3.05, 3.63) is 56.9 Å². The smallest absolute Gasteiger partial charge is 0.415 e. The Morgan fingerprint density at radius 1 is 1.02 bits per heavy atom. The van der Waals surface area contributed by atoms with Crippen molar-refractivity contribution in [3.63, 3.8) is 0 Å². The highest BCUT2D eigenvalue weighted by molar-refractivity contribution is 5.91. The summed E-state index contributed by atoms with van der Waals surface area (Å²) in [5.74, 6) is -0.929. The third-order valence-corrected chi connectivity index (χ3v) is 12.6. The molecule has 6 heterocycles. The van der Waals surface area contributed by atoms with Gasteiger partial charge in [-0.1, -0.05) is 41.0 Å². The number of nitrogens with one attached hydrogen (secondary N) is 1. The highest BCUT2D eigenvalue weighted by Gasteiger charge is 2.51. The first-order chi connectivity index (χ1) is 26.3. The Bertz CT molecular complexity index is 2040. The average Bonchev–Trinajstić information content (AvgIpc) is 3.55. The van der Waals surface area contributed by atoms with E-state index in [4.69, 9.17) is 19.2 Å². The molecule has 2 aromatic heterocycles. The summed E-state index contributed by atoms with van der Waals surface area (Å²) >= 11 is 0. The second-order valence-corrected chi connectivity index (χ2v) is 16.7. The molecule has 0 saturated carbocycles. The lowest BCUT2D eigenvalue weighted by molar-refractivity contribution is -0.191. The van der Waals surface area contributed by atoms with Gasteiger partial charge in [0.2, 0.25) is 5.60 Å². The molecule has 1 unspecified atom stereocenters. The molecule has 1 aromatic carbocycles. The maximum atomic E-state index is 14.3. The molecule has 4 aliphatic heterocycles. The number of aryl methyl sites for hydroxylation is 1. The number of amides is 1. The number of fused-ring (bicyclic) bond motifs is 5. The van der Waals surface area contributed by atoms with Crippen LogP contribution < -0.4 is 15.6 Å². The molecule has 3 aromatic rings. The fourth-order valence-electron chi connectivity index (χ4n) is 8.88. The number of esters is 2. The minimum atomic E-state index is -1.79. The molecule has 12 nitrogen and oxygen atoms in total. The maximum Gasteiger partial charge on any atom is 0.415 e. The summed E-state index contributed by atoms with van der Waals surface area (Å²) < 4.78 is 19.5. The molecule has 0 spiro atoms.